The minimum absolute atomic E-state index is 0.0929. The molecule has 1 N–H and O–H groups in total. The van der Waals surface area contributed by atoms with Gasteiger partial charge in [-0.3, -0.25) is 0 Å². The van der Waals surface area contributed by atoms with Crippen LogP contribution in [0.1, 0.15) is 26.3 Å². The summed E-state index contributed by atoms with van der Waals surface area (Å²) < 4.78 is 11.7. The van der Waals surface area contributed by atoms with Gasteiger partial charge in [0.15, 0.2) is 7.28 Å². The number of thiophene rings is 1. The van der Waals surface area contributed by atoms with Crippen molar-refractivity contribution in [2.24, 2.45) is 0 Å². The Hall–Kier alpha value is -6.30. The van der Waals surface area contributed by atoms with Gasteiger partial charge in [-0.1, -0.05) is 117 Å². The third kappa shape index (κ3) is 4.51. The number of anilines is 2. The number of hydrogen-bond acceptors (Lipinski definition) is 3. The predicted octanol–water partition coefficient (Wildman–Crippen LogP) is 12.6. The van der Waals surface area contributed by atoms with E-state index in [1.54, 1.807) is 0 Å². The summed E-state index contributed by atoms with van der Waals surface area (Å²) in [4.78, 5) is 0. The summed E-state index contributed by atoms with van der Waals surface area (Å²) in [5.41, 5.74) is 14.3. The lowest BCUT2D eigenvalue weighted by Crippen LogP contribution is -2.37. The molecule has 3 aromatic heterocycles. The molecule has 0 unspecified atom stereocenters. The van der Waals surface area contributed by atoms with Gasteiger partial charge in [0.1, 0.15) is 11.2 Å². The molecule has 0 saturated carbocycles. The Kier molecular flexibility index (Phi) is 6.29. The topological polar surface area (TPSA) is 30.1 Å². The molecule has 0 bridgehead atoms. The molecule has 5 heteroatoms. The van der Waals surface area contributed by atoms with Crippen LogP contribution in [0.25, 0.3) is 91.5 Å². The Morgan fingerprint density at radius 1 is 0.600 bits per heavy atom. The minimum Gasteiger partial charge on any atom is -0.456 e. The smallest absolute Gasteiger partial charge is 0.198 e. The average Bonchev–Trinajstić information content (AvgIpc) is 3.86. The second-order valence-corrected chi connectivity index (χ2v) is 17.3. The zero-order valence-electron chi connectivity index (χ0n) is 30.8. The van der Waals surface area contributed by atoms with Crippen molar-refractivity contribution in [3.8, 4) is 16.8 Å². The summed E-state index contributed by atoms with van der Waals surface area (Å²) in [6.07, 6.45) is 0. The first-order valence-corrected chi connectivity index (χ1v) is 19.9. The van der Waals surface area contributed by atoms with E-state index in [1.807, 2.05) is 11.3 Å². The van der Waals surface area contributed by atoms with E-state index in [0.29, 0.717) is 0 Å². The van der Waals surface area contributed by atoms with E-state index in [-0.39, 0.29) is 5.41 Å². The van der Waals surface area contributed by atoms with Crippen LogP contribution in [0.3, 0.4) is 0 Å². The fourth-order valence-corrected chi connectivity index (χ4v) is 10.4. The maximum Gasteiger partial charge on any atom is 0.198 e. The lowest BCUT2D eigenvalue weighted by Gasteiger charge is -2.24. The lowest BCUT2D eigenvalue weighted by molar-refractivity contribution is 0.590. The first-order chi connectivity index (χ1) is 26.9. The molecule has 0 radical (unpaired) electrons. The van der Waals surface area contributed by atoms with Gasteiger partial charge >= 0.3 is 0 Å². The number of fused-ring (bicyclic) bond motifs is 12. The number of furan rings is 1. The molecule has 1 aliphatic heterocycles. The van der Waals surface area contributed by atoms with Crippen LogP contribution in [0.2, 0.25) is 0 Å². The summed E-state index contributed by atoms with van der Waals surface area (Å²) in [5.74, 6) is 0. The Morgan fingerprint density at radius 2 is 1.38 bits per heavy atom. The molecule has 0 saturated heterocycles. The highest BCUT2D eigenvalue weighted by molar-refractivity contribution is 7.25. The van der Waals surface area contributed by atoms with Crippen LogP contribution in [0.15, 0.2) is 150 Å². The lowest BCUT2D eigenvalue weighted by atomic mass is 9.59. The average molecular weight is 723 g/mol. The highest BCUT2D eigenvalue weighted by Gasteiger charge is 2.29. The first-order valence-electron chi connectivity index (χ1n) is 19.1. The minimum atomic E-state index is 0.0929. The Labute approximate surface area is 322 Å². The van der Waals surface area contributed by atoms with Crippen molar-refractivity contribution in [1.82, 2.24) is 4.57 Å². The third-order valence-electron chi connectivity index (χ3n) is 11.9. The van der Waals surface area contributed by atoms with Crippen LogP contribution in [0.5, 0.6) is 0 Å². The molecule has 3 nitrogen and oxygen atoms in total. The van der Waals surface area contributed by atoms with E-state index >= 15 is 0 Å². The number of benzene rings is 8. The third-order valence-corrected chi connectivity index (χ3v) is 13.1. The van der Waals surface area contributed by atoms with Crippen molar-refractivity contribution in [3.05, 3.63) is 151 Å². The van der Waals surface area contributed by atoms with E-state index in [4.69, 9.17) is 4.42 Å². The molecule has 260 valence electrons. The van der Waals surface area contributed by atoms with Crippen LogP contribution in [-0.2, 0) is 5.41 Å². The molecule has 0 spiro atoms. The standard InChI is InChI=1S/C50H35BN2OS/c1-50(2,3)29-17-19-30(20-18-29)52-40-23-16-28-10-4-5-11-31(28)47(40)35-22-21-34-36-24-38-33-13-7-9-15-45(33)55-46(38)27-41(36)53-42-25-37-32-12-6-8-14-43(32)54-44(37)26-39(42)51-48(35)49(34)53/h4-27,51-52H,1-3H3. The van der Waals surface area contributed by atoms with Crippen molar-refractivity contribution in [2.45, 2.75) is 26.2 Å². The molecule has 11 aromatic rings. The molecule has 0 aliphatic carbocycles. The number of para-hydroxylation sites is 1. The van der Waals surface area contributed by atoms with Crippen molar-refractivity contribution in [2.75, 3.05) is 5.32 Å². The maximum absolute atomic E-state index is 6.51. The van der Waals surface area contributed by atoms with E-state index < -0.39 is 0 Å². The first kappa shape index (κ1) is 31.1. The largest absolute Gasteiger partial charge is 0.456 e. The van der Waals surface area contributed by atoms with Crippen molar-refractivity contribution in [1.29, 1.82) is 0 Å². The monoisotopic (exact) mass is 722 g/mol. The van der Waals surface area contributed by atoms with Crippen LogP contribution in [-0.4, -0.2) is 11.8 Å². The van der Waals surface area contributed by atoms with Crippen molar-refractivity contribution >= 4 is 116 Å². The van der Waals surface area contributed by atoms with Crippen molar-refractivity contribution < 1.29 is 4.42 Å². The highest BCUT2D eigenvalue weighted by atomic mass is 32.1. The second-order valence-electron chi connectivity index (χ2n) is 16.2. The van der Waals surface area contributed by atoms with Gasteiger partial charge in [0.2, 0.25) is 0 Å². The molecule has 55 heavy (non-hydrogen) atoms. The zero-order valence-corrected chi connectivity index (χ0v) is 31.6. The SMILES string of the molecule is CC(C)(C)c1ccc(Nc2ccc3ccccc3c2-c2ccc3c4cc5c(cc4n4c3c2Bc2cc3oc6ccccc6c3cc2-4)sc2ccccc25)cc1. The van der Waals surface area contributed by atoms with E-state index in [2.05, 4.69) is 176 Å². The molecule has 0 atom stereocenters. The number of hydrogen-bond donors (Lipinski definition) is 1. The summed E-state index contributed by atoms with van der Waals surface area (Å²) in [7, 11) is 0.797. The van der Waals surface area contributed by atoms with Gasteiger partial charge in [0, 0.05) is 69.9 Å². The molecular formula is C50H35BN2OS. The fourth-order valence-electron chi connectivity index (χ4n) is 9.27. The molecule has 1 aliphatic rings. The Bertz CT molecular complexity index is 3410. The summed E-state index contributed by atoms with van der Waals surface area (Å²) in [6.45, 7) is 6.79. The highest BCUT2D eigenvalue weighted by Crippen LogP contribution is 2.44. The quantitative estimate of drug-likeness (QED) is 0.184. The molecule has 0 fully saturated rings. The molecule has 8 aromatic carbocycles. The van der Waals surface area contributed by atoms with Gasteiger partial charge in [-0.15, -0.1) is 11.3 Å². The van der Waals surface area contributed by atoms with E-state index in [9.17, 15) is 0 Å². The van der Waals surface area contributed by atoms with Crippen LogP contribution in [0, 0.1) is 0 Å². The van der Waals surface area contributed by atoms with Crippen LogP contribution in [0.4, 0.5) is 11.4 Å². The van der Waals surface area contributed by atoms with Crippen LogP contribution >= 0.6 is 11.3 Å². The van der Waals surface area contributed by atoms with E-state index in [0.717, 1.165) is 40.6 Å². The molecule has 12 rings (SSSR count). The van der Waals surface area contributed by atoms with Crippen molar-refractivity contribution in [3.63, 3.8) is 0 Å². The Morgan fingerprint density at radius 3 is 2.24 bits per heavy atom. The van der Waals surface area contributed by atoms with Crippen LogP contribution < -0.4 is 16.2 Å². The second kappa shape index (κ2) is 11.1. The van der Waals surface area contributed by atoms with E-state index in [1.165, 1.54) is 86.1 Å². The normalized spacial score (nSPS) is 12.8. The van der Waals surface area contributed by atoms with Gasteiger partial charge in [-0.25, -0.2) is 0 Å². The summed E-state index contributed by atoms with van der Waals surface area (Å²) in [6, 6.07) is 53.8. The number of nitrogens with zero attached hydrogens (tertiary/aromatic N) is 1. The maximum atomic E-state index is 6.51. The van der Waals surface area contributed by atoms with Gasteiger partial charge in [-0.2, -0.15) is 0 Å². The molecular weight excluding hydrogens is 687 g/mol. The van der Waals surface area contributed by atoms with Gasteiger partial charge in [0.25, 0.3) is 0 Å². The fraction of sp³-hybridized carbons (Fsp3) is 0.0800. The van der Waals surface area contributed by atoms with Gasteiger partial charge in [0.05, 0.1) is 5.52 Å². The number of aromatic nitrogens is 1. The zero-order chi connectivity index (χ0) is 36.6. The van der Waals surface area contributed by atoms with Gasteiger partial charge in [-0.05, 0) is 87.4 Å². The number of nitrogens with one attached hydrogen (secondary N) is 1. The predicted molar refractivity (Wildman–Crippen MR) is 239 cm³/mol. The summed E-state index contributed by atoms with van der Waals surface area (Å²) in [5, 5.41) is 13.9. The molecule has 0 amide bonds. The Balaban J connectivity index is 1.17. The van der Waals surface area contributed by atoms with Gasteiger partial charge < -0.3 is 14.3 Å². The number of rotatable bonds is 3. The summed E-state index contributed by atoms with van der Waals surface area (Å²) >= 11 is 1.88. The molecule has 4 heterocycles.